The number of rotatable bonds is 2. The molecule has 1 saturated heterocycles. The second-order valence-corrected chi connectivity index (χ2v) is 3.80. The van der Waals surface area contributed by atoms with Gasteiger partial charge in [-0.25, -0.2) is 0 Å². The Kier molecular flexibility index (Phi) is 3.02. The zero-order valence-corrected chi connectivity index (χ0v) is 8.99. The first-order valence-corrected chi connectivity index (χ1v) is 5.13. The molecule has 2 rings (SSSR count). The predicted molar refractivity (Wildman–Crippen MR) is 63.4 cm³/mol. The fraction of sp³-hybridized carbons (Fsp3) is 0.214. The lowest BCUT2D eigenvalue weighted by Crippen LogP contribution is -1.93. The number of hydrogen-bond donors (Lipinski definition) is 0. The first kappa shape index (κ1) is 10.2. The van der Waals surface area contributed by atoms with Crippen LogP contribution in [0.2, 0.25) is 0 Å². The molecule has 0 saturated carbocycles. The molecule has 1 fully saturated rings. The highest BCUT2D eigenvalue weighted by molar-refractivity contribution is 5.60. The Balaban J connectivity index is 2.22. The van der Waals surface area contributed by atoms with Crippen LogP contribution in [0, 0.1) is 12.8 Å². The Labute approximate surface area is 91.1 Å². The molecule has 1 aromatic carbocycles. The normalized spacial score (nSPS) is 19.7. The molecule has 1 aromatic rings. The van der Waals surface area contributed by atoms with Gasteiger partial charge in [0.25, 0.3) is 0 Å². The van der Waals surface area contributed by atoms with Gasteiger partial charge >= 0.3 is 0 Å². The van der Waals surface area contributed by atoms with E-state index in [0.717, 1.165) is 0 Å². The van der Waals surface area contributed by atoms with Crippen LogP contribution >= 0.6 is 0 Å². The maximum atomic E-state index is 5.38. The van der Waals surface area contributed by atoms with E-state index in [9.17, 15) is 0 Å². The molecule has 0 aromatic heterocycles. The maximum absolute atomic E-state index is 5.38. The molecule has 0 amide bonds. The van der Waals surface area contributed by atoms with E-state index < -0.39 is 0 Å². The molecule has 1 nitrogen and oxygen atoms in total. The van der Waals surface area contributed by atoms with Gasteiger partial charge in [0.15, 0.2) is 0 Å². The van der Waals surface area contributed by atoms with Gasteiger partial charge in [-0.1, -0.05) is 42.0 Å². The lowest BCUT2D eigenvalue weighted by molar-refractivity contribution is 0.211. The van der Waals surface area contributed by atoms with E-state index in [1.54, 1.807) is 0 Å². The third kappa shape index (κ3) is 2.37. The Hall–Kier alpha value is -1.34. The topological polar surface area (TPSA) is 9.23 Å². The van der Waals surface area contributed by atoms with Crippen LogP contribution in [0.15, 0.2) is 42.5 Å². The molecular weight excluding hydrogens is 184 g/mol. The van der Waals surface area contributed by atoms with Crippen molar-refractivity contribution in [3.63, 3.8) is 0 Å². The zero-order chi connectivity index (χ0) is 10.7. The van der Waals surface area contributed by atoms with Crippen molar-refractivity contribution < 1.29 is 4.74 Å². The molecule has 1 heteroatoms. The van der Waals surface area contributed by atoms with Crippen molar-refractivity contribution in [1.82, 2.24) is 0 Å². The highest BCUT2D eigenvalue weighted by Gasteiger charge is 2.18. The summed E-state index contributed by atoms with van der Waals surface area (Å²) in [4.78, 5) is 0. The second kappa shape index (κ2) is 4.45. The summed E-state index contributed by atoms with van der Waals surface area (Å²) in [6, 6.07) is 8.49. The summed E-state index contributed by atoms with van der Waals surface area (Å²) in [5, 5.41) is 0. The van der Waals surface area contributed by atoms with Crippen molar-refractivity contribution in [2.75, 3.05) is 13.2 Å². The third-order valence-corrected chi connectivity index (χ3v) is 2.59. The summed E-state index contributed by atoms with van der Waals surface area (Å²) in [5.41, 5.74) is 3.75. The standard InChI is InChI=1S/C14H15O/c1-3-13-9-15-10-14(13)8-12-6-4-11(2)5-7-12/h3-8H,1,9-10H2,2H3/b14-8-. The summed E-state index contributed by atoms with van der Waals surface area (Å²) in [5.74, 6) is 1.20. The maximum Gasteiger partial charge on any atom is 0.0690 e. The summed E-state index contributed by atoms with van der Waals surface area (Å²) in [6.45, 7) is 7.28. The fourth-order valence-electron chi connectivity index (χ4n) is 1.64. The summed E-state index contributed by atoms with van der Waals surface area (Å²) in [6.07, 6.45) is 4.05. The Bertz CT molecular complexity index is 373. The van der Waals surface area contributed by atoms with Crippen LogP contribution in [-0.2, 0) is 4.74 Å². The summed E-state index contributed by atoms with van der Waals surface area (Å²) >= 11 is 0. The highest BCUT2D eigenvalue weighted by Crippen LogP contribution is 2.25. The monoisotopic (exact) mass is 199 g/mol. The van der Waals surface area contributed by atoms with Crippen molar-refractivity contribution in [2.24, 2.45) is 0 Å². The largest absolute Gasteiger partial charge is 0.376 e. The van der Waals surface area contributed by atoms with Gasteiger partial charge in [-0.15, -0.1) is 6.58 Å². The van der Waals surface area contributed by atoms with Crippen LogP contribution in [0.3, 0.4) is 0 Å². The van der Waals surface area contributed by atoms with E-state index >= 15 is 0 Å². The van der Waals surface area contributed by atoms with E-state index in [1.165, 1.54) is 22.6 Å². The summed E-state index contributed by atoms with van der Waals surface area (Å²) in [7, 11) is 0. The van der Waals surface area contributed by atoms with Gasteiger partial charge in [-0.3, -0.25) is 0 Å². The third-order valence-electron chi connectivity index (χ3n) is 2.59. The Morgan fingerprint density at radius 3 is 2.60 bits per heavy atom. The molecule has 77 valence electrons. The van der Waals surface area contributed by atoms with Gasteiger partial charge in [0, 0.05) is 5.92 Å². The molecule has 0 bridgehead atoms. The second-order valence-electron chi connectivity index (χ2n) is 3.80. The summed E-state index contributed by atoms with van der Waals surface area (Å²) < 4.78 is 5.38. The first-order valence-electron chi connectivity index (χ1n) is 5.13. The van der Waals surface area contributed by atoms with Crippen LogP contribution in [0.4, 0.5) is 0 Å². The molecule has 1 aliphatic heterocycles. The molecule has 0 atom stereocenters. The average Bonchev–Trinajstić information content (AvgIpc) is 2.69. The SMILES string of the molecule is C=C[C]1COC/C1=C/c1ccc(C)cc1. The number of ether oxygens (including phenoxy) is 1. The lowest BCUT2D eigenvalue weighted by atomic mass is 10.00. The zero-order valence-electron chi connectivity index (χ0n) is 8.99. The van der Waals surface area contributed by atoms with E-state index in [-0.39, 0.29) is 0 Å². The minimum atomic E-state index is 0.696. The first-order chi connectivity index (χ1) is 7.29. The average molecular weight is 199 g/mol. The van der Waals surface area contributed by atoms with Crippen molar-refractivity contribution in [3.8, 4) is 0 Å². The molecule has 0 N–H and O–H groups in total. The molecule has 1 radical (unpaired) electrons. The molecule has 1 aliphatic rings. The van der Waals surface area contributed by atoms with Gasteiger partial charge in [0.2, 0.25) is 0 Å². The Morgan fingerprint density at radius 2 is 1.93 bits per heavy atom. The van der Waals surface area contributed by atoms with E-state index in [2.05, 4.69) is 43.8 Å². The molecule has 15 heavy (non-hydrogen) atoms. The molecule has 0 aliphatic carbocycles. The van der Waals surface area contributed by atoms with Gasteiger partial charge in [-0.2, -0.15) is 0 Å². The fourth-order valence-corrected chi connectivity index (χ4v) is 1.64. The molecule has 0 unspecified atom stereocenters. The van der Waals surface area contributed by atoms with E-state index in [0.29, 0.717) is 13.2 Å². The lowest BCUT2D eigenvalue weighted by Gasteiger charge is -2.02. The highest BCUT2D eigenvalue weighted by atomic mass is 16.5. The van der Waals surface area contributed by atoms with Crippen molar-refractivity contribution in [2.45, 2.75) is 6.92 Å². The van der Waals surface area contributed by atoms with E-state index in [4.69, 9.17) is 4.74 Å². The number of hydrogen-bond acceptors (Lipinski definition) is 1. The van der Waals surface area contributed by atoms with Crippen LogP contribution in [-0.4, -0.2) is 13.2 Å². The smallest absolute Gasteiger partial charge is 0.0690 e. The number of benzene rings is 1. The minimum Gasteiger partial charge on any atom is -0.376 e. The van der Waals surface area contributed by atoms with E-state index in [1.807, 2.05) is 6.08 Å². The quantitative estimate of drug-likeness (QED) is 0.711. The van der Waals surface area contributed by atoms with Gasteiger partial charge in [0.1, 0.15) is 0 Å². The van der Waals surface area contributed by atoms with Crippen LogP contribution in [0.25, 0.3) is 6.08 Å². The van der Waals surface area contributed by atoms with Gasteiger partial charge < -0.3 is 4.74 Å². The van der Waals surface area contributed by atoms with Crippen molar-refractivity contribution in [1.29, 1.82) is 0 Å². The van der Waals surface area contributed by atoms with Crippen LogP contribution in [0.5, 0.6) is 0 Å². The van der Waals surface area contributed by atoms with Crippen LogP contribution in [0.1, 0.15) is 11.1 Å². The van der Waals surface area contributed by atoms with Gasteiger partial charge in [0.05, 0.1) is 13.2 Å². The molecule has 1 heterocycles. The van der Waals surface area contributed by atoms with Gasteiger partial charge in [-0.05, 0) is 18.1 Å². The number of aryl methyl sites for hydroxylation is 1. The Morgan fingerprint density at radius 1 is 1.20 bits per heavy atom. The molecular formula is C14H15O. The molecule has 0 spiro atoms. The van der Waals surface area contributed by atoms with Crippen molar-refractivity contribution >= 4 is 6.08 Å². The van der Waals surface area contributed by atoms with Crippen molar-refractivity contribution in [3.05, 3.63) is 59.5 Å². The predicted octanol–water partition coefficient (Wildman–Crippen LogP) is 3.17. The van der Waals surface area contributed by atoms with Crippen LogP contribution < -0.4 is 0 Å². The minimum absolute atomic E-state index is 0.696.